The molecule has 0 aliphatic carbocycles. The molecule has 0 atom stereocenters. The molecule has 8 nitrogen and oxygen atoms in total. The third-order valence-corrected chi connectivity index (χ3v) is 4.94. The largest absolute Gasteiger partial charge is 0.490 e. The van der Waals surface area contributed by atoms with Crippen LogP contribution in [0.4, 0.5) is 0 Å². The molecular formula is C24H27ClN4O4. The summed E-state index contributed by atoms with van der Waals surface area (Å²) in [4.78, 5) is 12.8. The van der Waals surface area contributed by atoms with E-state index >= 15 is 0 Å². The number of benzene rings is 2. The molecule has 3 aromatic rings. The van der Waals surface area contributed by atoms with Crippen LogP contribution in [0.3, 0.4) is 0 Å². The molecule has 3 rings (SSSR count). The van der Waals surface area contributed by atoms with Crippen LogP contribution in [-0.2, 0) is 0 Å². The van der Waals surface area contributed by atoms with Gasteiger partial charge in [-0.3, -0.25) is 4.79 Å². The van der Waals surface area contributed by atoms with Gasteiger partial charge in [0, 0.05) is 5.56 Å². The van der Waals surface area contributed by atoms with Crippen LogP contribution < -0.4 is 19.6 Å². The Balaban J connectivity index is 1.83. The molecule has 0 saturated carbocycles. The molecule has 0 saturated heterocycles. The number of carbonyl (C=O) groups is 1. The number of aromatic nitrogens is 2. The Kier molecular flexibility index (Phi) is 8.32. The second-order valence-electron chi connectivity index (χ2n) is 6.84. The van der Waals surface area contributed by atoms with Gasteiger partial charge in [-0.2, -0.15) is 10.2 Å². The Morgan fingerprint density at radius 3 is 2.24 bits per heavy atom. The van der Waals surface area contributed by atoms with Crippen LogP contribution in [-0.4, -0.2) is 41.7 Å². The summed E-state index contributed by atoms with van der Waals surface area (Å²) in [6, 6.07) is 12.7. The van der Waals surface area contributed by atoms with Crippen molar-refractivity contribution in [2.24, 2.45) is 5.10 Å². The molecule has 174 valence electrons. The summed E-state index contributed by atoms with van der Waals surface area (Å²) >= 11 is 6.50. The number of hydrazone groups is 1. The fourth-order valence-electron chi connectivity index (χ4n) is 3.14. The fraction of sp³-hybridized carbons (Fsp3) is 0.292. The lowest BCUT2D eigenvalue weighted by Gasteiger charge is -2.16. The Labute approximate surface area is 198 Å². The van der Waals surface area contributed by atoms with Crippen molar-refractivity contribution in [3.8, 4) is 22.9 Å². The van der Waals surface area contributed by atoms with Crippen LogP contribution in [0.15, 0.2) is 47.6 Å². The summed E-state index contributed by atoms with van der Waals surface area (Å²) in [6.07, 6.45) is 1.48. The predicted octanol–water partition coefficient (Wildman–Crippen LogP) is 4.79. The van der Waals surface area contributed by atoms with E-state index in [-0.39, 0.29) is 0 Å². The smallest absolute Gasteiger partial charge is 0.271 e. The third-order valence-electron chi connectivity index (χ3n) is 4.58. The van der Waals surface area contributed by atoms with E-state index in [2.05, 4.69) is 15.6 Å². The van der Waals surface area contributed by atoms with Crippen molar-refractivity contribution in [2.45, 2.75) is 27.7 Å². The summed E-state index contributed by atoms with van der Waals surface area (Å²) in [7, 11) is 0. The molecule has 0 spiro atoms. The number of amides is 1. The van der Waals surface area contributed by atoms with Crippen LogP contribution in [0, 0.1) is 6.92 Å². The molecular weight excluding hydrogens is 444 g/mol. The van der Waals surface area contributed by atoms with E-state index in [1.54, 1.807) is 16.8 Å². The monoisotopic (exact) mass is 470 g/mol. The maximum atomic E-state index is 12.8. The minimum atomic E-state index is -0.430. The Morgan fingerprint density at radius 1 is 1.06 bits per heavy atom. The van der Waals surface area contributed by atoms with Crippen LogP contribution in [0.25, 0.3) is 5.69 Å². The molecule has 1 N–H and O–H groups in total. The maximum Gasteiger partial charge on any atom is 0.271 e. The molecule has 0 aliphatic heterocycles. The molecule has 33 heavy (non-hydrogen) atoms. The summed E-state index contributed by atoms with van der Waals surface area (Å²) in [5.41, 5.74) is 4.97. The van der Waals surface area contributed by atoms with Gasteiger partial charge in [-0.15, -0.1) is 0 Å². The molecule has 2 aromatic carbocycles. The SMILES string of the molecule is CCOc1cc(C(=O)NN=Cc2c(C)nn(-c3ccccc3)c2Cl)cc(OCC)c1OCC. The lowest BCUT2D eigenvalue weighted by Crippen LogP contribution is -2.18. The van der Waals surface area contributed by atoms with Crippen molar-refractivity contribution in [3.63, 3.8) is 0 Å². The van der Waals surface area contributed by atoms with Crippen LogP contribution in [0.5, 0.6) is 17.2 Å². The molecule has 9 heteroatoms. The molecule has 0 unspecified atom stereocenters. The number of ether oxygens (including phenoxy) is 3. The lowest BCUT2D eigenvalue weighted by atomic mass is 10.1. The number of aryl methyl sites for hydroxylation is 1. The first-order valence-electron chi connectivity index (χ1n) is 10.7. The van der Waals surface area contributed by atoms with E-state index in [0.717, 1.165) is 5.69 Å². The molecule has 1 amide bonds. The topological polar surface area (TPSA) is 87.0 Å². The first-order chi connectivity index (χ1) is 16.0. The number of para-hydroxylation sites is 1. The fourth-order valence-corrected chi connectivity index (χ4v) is 3.46. The van der Waals surface area contributed by atoms with Crippen molar-refractivity contribution >= 4 is 23.7 Å². The summed E-state index contributed by atoms with van der Waals surface area (Å²) in [5, 5.41) is 8.94. The van der Waals surface area contributed by atoms with Crippen LogP contribution in [0.1, 0.15) is 42.4 Å². The normalized spacial score (nSPS) is 10.9. The highest BCUT2D eigenvalue weighted by atomic mass is 35.5. The molecule has 0 radical (unpaired) electrons. The highest BCUT2D eigenvalue weighted by molar-refractivity contribution is 6.32. The molecule has 0 bridgehead atoms. The number of halogens is 1. The minimum Gasteiger partial charge on any atom is -0.490 e. The number of nitrogens with one attached hydrogen (secondary N) is 1. The predicted molar refractivity (Wildman–Crippen MR) is 128 cm³/mol. The van der Waals surface area contributed by atoms with E-state index in [9.17, 15) is 4.79 Å². The molecule has 1 aromatic heterocycles. The number of carbonyl (C=O) groups excluding carboxylic acids is 1. The number of hydrogen-bond acceptors (Lipinski definition) is 6. The lowest BCUT2D eigenvalue weighted by molar-refractivity contribution is 0.0954. The zero-order valence-electron chi connectivity index (χ0n) is 19.1. The Bertz CT molecular complexity index is 1100. The third kappa shape index (κ3) is 5.64. The van der Waals surface area contributed by atoms with Gasteiger partial charge in [0.05, 0.1) is 43.0 Å². The van der Waals surface area contributed by atoms with Gasteiger partial charge in [0.2, 0.25) is 5.75 Å². The first kappa shape index (κ1) is 24.1. The summed E-state index contributed by atoms with van der Waals surface area (Å²) in [5.74, 6) is 0.905. The second-order valence-corrected chi connectivity index (χ2v) is 7.20. The van der Waals surface area contributed by atoms with Crippen molar-refractivity contribution in [2.75, 3.05) is 19.8 Å². The van der Waals surface area contributed by atoms with Gasteiger partial charge in [-0.25, -0.2) is 10.1 Å². The quantitative estimate of drug-likeness (QED) is 0.340. The van der Waals surface area contributed by atoms with Gasteiger partial charge in [0.15, 0.2) is 11.5 Å². The zero-order chi connectivity index (χ0) is 23.8. The van der Waals surface area contributed by atoms with Gasteiger partial charge in [0.25, 0.3) is 5.91 Å². The van der Waals surface area contributed by atoms with Crippen molar-refractivity contribution in [1.29, 1.82) is 0 Å². The number of rotatable bonds is 10. The van der Waals surface area contributed by atoms with Crippen LogP contribution >= 0.6 is 11.6 Å². The van der Waals surface area contributed by atoms with Crippen molar-refractivity contribution < 1.29 is 19.0 Å². The Morgan fingerprint density at radius 2 is 1.67 bits per heavy atom. The summed E-state index contributed by atoms with van der Waals surface area (Å²) < 4.78 is 18.6. The highest BCUT2D eigenvalue weighted by Crippen LogP contribution is 2.39. The second kappa shape index (κ2) is 11.4. The number of nitrogens with zero attached hydrogens (tertiary/aromatic N) is 3. The maximum absolute atomic E-state index is 12.8. The Hall–Kier alpha value is -3.52. The first-order valence-corrected chi connectivity index (χ1v) is 11.1. The zero-order valence-corrected chi connectivity index (χ0v) is 19.8. The highest BCUT2D eigenvalue weighted by Gasteiger charge is 2.18. The van der Waals surface area contributed by atoms with Gasteiger partial charge < -0.3 is 14.2 Å². The minimum absolute atomic E-state index is 0.324. The van der Waals surface area contributed by atoms with E-state index in [4.69, 9.17) is 25.8 Å². The molecule has 1 heterocycles. The molecule has 0 fully saturated rings. The van der Waals surface area contributed by atoms with Crippen molar-refractivity contribution in [1.82, 2.24) is 15.2 Å². The van der Waals surface area contributed by atoms with Crippen molar-refractivity contribution in [3.05, 3.63) is 64.4 Å². The summed E-state index contributed by atoms with van der Waals surface area (Å²) in [6.45, 7) is 8.67. The average Bonchev–Trinajstić information content (AvgIpc) is 3.10. The van der Waals surface area contributed by atoms with E-state index in [1.165, 1.54) is 6.21 Å². The van der Waals surface area contributed by atoms with Gasteiger partial charge in [0.1, 0.15) is 5.15 Å². The van der Waals surface area contributed by atoms with E-state index in [1.807, 2.05) is 58.0 Å². The average molecular weight is 471 g/mol. The van der Waals surface area contributed by atoms with Gasteiger partial charge in [-0.1, -0.05) is 29.8 Å². The molecule has 0 aliphatic rings. The number of hydrogen-bond donors (Lipinski definition) is 1. The van der Waals surface area contributed by atoms with E-state index in [0.29, 0.717) is 59.0 Å². The van der Waals surface area contributed by atoms with E-state index < -0.39 is 5.91 Å². The van der Waals surface area contributed by atoms with Gasteiger partial charge >= 0.3 is 0 Å². The standard InChI is InChI=1S/C24H27ClN4O4/c1-5-31-20-13-17(14-21(32-6-2)22(20)33-7-3)24(30)27-26-15-19-16(4)28-29(23(19)25)18-11-9-8-10-12-18/h8-15H,5-7H2,1-4H3,(H,27,30). The van der Waals surface area contributed by atoms with Gasteiger partial charge in [-0.05, 0) is 52.0 Å². The van der Waals surface area contributed by atoms with Crippen LogP contribution in [0.2, 0.25) is 5.15 Å².